The second kappa shape index (κ2) is 8.26. The number of sulfonamides is 1. The quantitative estimate of drug-likeness (QED) is 0.780. The molecule has 140 valence electrons. The lowest BCUT2D eigenvalue weighted by molar-refractivity contribution is -0.116. The maximum atomic E-state index is 12.7. The Morgan fingerprint density at radius 3 is 2.50 bits per heavy atom. The van der Waals surface area contributed by atoms with Crippen molar-refractivity contribution in [1.82, 2.24) is 4.31 Å². The van der Waals surface area contributed by atoms with Crippen LogP contribution in [0, 0.1) is 6.92 Å². The molecular weight excluding hydrogens is 399 g/mol. The predicted octanol–water partition coefficient (Wildman–Crippen LogP) is 3.57. The summed E-state index contributed by atoms with van der Waals surface area (Å²) in [5.74, 6) is -0.357. The Hall–Kier alpha value is -1.80. The average molecular weight is 417 g/mol. The van der Waals surface area contributed by atoms with Gasteiger partial charge in [-0.1, -0.05) is 29.3 Å². The van der Waals surface area contributed by atoms with Crippen LogP contribution in [0.15, 0.2) is 41.3 Å². The monoisotopic (exact) mass is 416 g/mol. The van der Waals surface area contributed by atoms with Gasteiger partial charge in [-0.2, -0.15) is 4.31 Å². The normalized spacial score (nSPS) is 11.5. The van der Waals surface area contributed by atoms with Gasteiger partial charge in [0.25, 0.3) is 0 Å². The largest absolute Gasteiger partial charge is 0.495 e. The molecule has 0 aromatic heterocycles. The summed E-state index contributed by atoms with van der Waals surface area (Å²) in [6.45, 7) is 1.45. The van der Waals surface area contributed by atoms with E-state index in [9.17, 15) is 13.2 Å². The lowest BCUT2D eigenvalue weighted by Crippen LogP contribution is -2.35. The first-order valence-electron chi connectivity index (χ1n) is 7.51. The summed E-state index contributed by atoms with van der Waals surface area (Å²) in [5, 5.41) is 3.37. The number of ether oxygens (including phenoxy) is 1. The number of likely N-dealkylation sites (N-methyl/N-ethyl adjacent to an activating group) is 1. The number of carbonyl (C=O) groups excluding carboxylic acids is 1. The van der Waals surface area contributed by atoms with Crippen LogP contribution in [0.3, 0.4) is 0 Å². The van der Waals surface area contributed by atoms with Gasteiger partial charge in [0.2, 0.25) is 15.9 Å². The second-order valence-corrected chi connectivity index (χ2v) is 8.43. The third-order valence-corrected chi connectivity index (χ3v) is 6.10. The number of hydrogen-bond acceptors (Lipinski definition) is 4. The van der Waals surface area contributed by atoms with Gasteiger partial charge in [0.15, 0.2) is 0 Å². The van der Waals surface area contributed by atoms with Gasteiger partial charge in [-0.3, -0.25) is 4.79 Å². The molecule has 0 aliphatic rings. The van der Waals surface area contributed by atoms with Crippen LogP contribution >= 0.6 is 23.2 Å². The topological polar surface area (TPSA) is 75.7 Å². The van der Waals surface area contributed by atoms with E-state index in [0.29, 0.717) is 10.7 Å². The van der Waals surface area contributed by atoms with Gasteiger partial charge >= 0.3 is 0 Å². The number of methoxy groups -OCH3 is 1. The van der Waals surface area contributed by atoms with Gasteiger partial charge < -0.3 is 10.1 Å². The van der Waals surface area contributed by atoms with Crippen LogP contribution in [0.1, 0.15) is 5.56 Å². The van der Waals surface area contributed by atoms with Crippen molar-refractivity contribution in [3.05, 3.63) is 52.0 Å². The van der Waals surface area contributed by atoms with Gasteiger partial charge in [-0.15, -0.1) is 0 Å². The fourth-order valence-corrected chi connectivity index (χ4v) is 3.90. The highest BCUT2D eigenvalue weighted by Gasteiger charge is 2.27. The Bertz CT molecular complexity index is 932. The van der Waals surface area contributed by atoms with Crippen molar-refractivity contribution in [2.45, 2.75) is 11.8 Å². The molecular formula is C17H18Cl2N2O4S. The summed E-state index contributed by atoms with van der Waals surface area (Å²) < 4.78 is 31.5. The van der Waals surface area contributed by atoms with E-state index in [4.69, 9.17) is 27.9 Å². The molecule has 2 rings (SSSR count). The number of amides is 1. The fourth-order valence-electron chi connectivity index (χ4n) is 2.18. The number of aryl methyl sites for hydroxylation is 1. The fraction of sp³-hybridized carbons (Fsp3) is 0.235. The predicted molar refractivity (Wildman–Crippen MR) is 103 cm³/mol. The number of halogens is 2. The third kappa shape index (κ3) is 4.67. The van der Waals surface area contributed by atoms with E-state index in [1.807, 2.05) is 6.92 Å². The van der Waals surface area contributed by atoms with Crippen molar-refractivity contribution in [2.75, 3.05) is 26.0 Å². The van der Waals surface area contributed by atoms with Crippen molar-refractivity contribution in [1.29, 1.82) is 0 Å². The standard InChI is InChI=1S/C17H18Cl2N2O4S/c1-11-4-6-13(9-14(11)19)20-17(22)10-21(2)26(23,24)16-8-12(18)5-7-15(16)25-3/h4-9H,10H2,1-3H3,(H,20,22). The molecule has 1 N–H and O–H groups in total. The number of anilines is 1. The molecule has 0 aliphatic carbocycles. The summed E-state index contributed by atoms with van der Waals surface area (Å²) in [4.78, 5) is 12.1. The number of hydrogen-bond donors (Lipinski definition) is 1. The zero-order valence-electron chi connectivity index (χ0n) is 14.4. The van der Waals surface area contributed by atoms with Gasteiger partial charge in [-0.05, 0) is 42.8 Å². The number of rotatable bonds is 6. The van der Waals surface area contributed by atoms with E-state index in [0.717, 1.165) is 9.87 Å². The Morgan fingerprint density at radius 2 is 1.88 bits per heavy atom. The number of benzene rings is 2. The molecule has 0 radical (unpaired) electrons. The van der Waals surface area contributed by atoms with Gasteiger partial charge in [0.05, 0.1) is 13.7 Å². The smallest absolute Gasteiger partial charge is 0.247 e. The average Bonchev–Trinajstić information content (AvgIpc) is 2.58. The molecule has 6 nitrogen and oxygen atoms in total. The van der Waals surface area contributed by atoms with Crippen molar-refractivity contribution in [3.8, 4) is 5.75 Å². The van der Waals surface area contributed by atoms with Crippen LogP contribution in [0.5, 0.6) is 5.75 Å². The molecule has 2 aromatic carbocycles. The molecule has 26 heavy (non-hydrogen) atoms. The highest BCUT2D eigenvalue weighted by atomic mass is 35.5. The number of carbonyl (C=O) groups is 1. The third-order valence-electron chi connectivity index (χ3n) is 3.64. The zero-order chi connectivity index (χ0) is 19.5. The minimum Gasteiger partial charge on any atom is -0.495 e. The van der Waals surface area contributed by atoms with E-state index in [1.165, 1.54) is 32.4 Å². The molecule has 0 saturated heterocycles. The first kappa shape index (κ1) is 20.5. The first-order chi connectivity index (χ1) is 12.1. The van der Waals surface area contributed by atoms with Crippen molar-refractivity contribution < 1.29 is 17.9 Å². The summed E-state index contributed by atoms with van der Waals surface area (Å²) in [7, 11) is -1.31. The van der Waals surface area contributed by atoms with E-state index in [1.54, 1.807) is 18.2 Å². The Kier molecular flexibility index (Phi) is 6.52. The summed E-state index contributed by atoms with van der Waals surface area (Å²) in [6.07, 6.45) is 0. The van der Waals surface area contributed by atoms with E-state index < -0.39 is 15.9 Å². The molecule has 0 heterocycles. The number of nitrogens with one attached hydrogen (secondary N) is 1. The molecule has 0 spiro atoms. The highest BCUT2D eigenvalue weighted by Crippen LogP contribution is 2.29. The van der Waals surface area contributed by atoms with Crippen LogP contribution in [0.25, 0.3) is 0 Å². The molecule has 0 bridgehead atoms. The molecule has 0 saturated carbocycles. The van der Waals surface area contributed by atoms with Crippen LogP contribution in [-0.4, -0.2) is 39.3 Å². The lowest BCUT2D eigenvalue weighted by atomic mass is 10.2. The summed E-state index contributed by atoms with van der Waals surface area (Å²) in [5.41, 5.74) is 1.36. The lowest BCUT2D eigenvalue weighted by Gasteiger charge is -2.19. The highest BCUT2D eigenvalue weighted by molar-refractivity contribution is 7.89. The Morgan fingerprint density at radius 1 is 1.19 bits per heavy atom. The first-order valence-corrected chi connectivity index (χ1v) is 9.70. The maximum Gasteiger partial charge on any atom is 0.247 e. The van der Waals surface area contributed by atoms with Crippen LogP contribution in [0.2, 0.25) is 10.0 Å². The minimum atomic E-state index is -3.97. The molecule has 1 amide bonds. The van der Waals surface area contributed by atoms with E-state index in [2.05, 4.69) is 5.32 Å². The molecule has 0 fully saturated rings. The van der Waals surface area contributed by atoms with Crippen LogP contribution in [-0.2, 0) is 14.8 Å². The molecule has 0 atom stereocenters. The van der Waals surface area contributed by atoms with Crippen molar-refractivity contribution in [2.24, 2.45) is 0 Å². The van der Waals surface area contributed by atoms with Crippen LogP contribution in [0.4, 0.5) is 5.69 Å². The summed E-state index contributed by atoms with van der Waals surface area (Å²) in [6, 6.07) is 9.31. The molecule has 0 aliphatic heterocycles. The van der Waals surface area contributed by atoms with Crippen molar-refractivity contribution >= 4 is 44.8 Å². The maximum absolute atomic E-state index is 12.7. The Labute approximate surface area is 162 Å². The minimum absolute atomic E-state index is 0.110. The SMILES string of the molecule is COc1ccc(Cl)cc1S(=O)(=O)N(C)CC(=O)Nc1ccc(C)c(Cl)c1. The Balaban J connectivity index is 2.17. The molecule has 9 heteroatoms. The number of nitrogens with zero attached hydrogens (tertiary/aromatic N) is 1. The summed E-state index contributed by atoms with van der Waals surface area (Å²) >= 11 is 11.9. The second-order valence-electron chi connectivity index (χ2n) is 5.57. The van der Waals surface area contributed by atoms with Gasteiger partial charge in [0.1, 0.15) is 10.6 Å². The van der Waals surface area contributed by atoms with Gasteiger partial charge in [-0.25, -0.2) is 8.42 Å². The van der Waals surface area contributed by atoms with E-state index in [-0.39, 0.29) is 22.2 Å². The van der Waals surface area contributed by atoms with Gasteiger partial charge in [0, 0.05) is 22.8 Å². The van der Waals surface area contributed by atoms with Crippen molar-refractivity contribution in [3.63, 3.8) is 0 Å². The molecule has 0 unspecified atom stereocenters. The molecule has 2 aromatic rings. The van der Waals surface area contributed by atoms with E-state index >= 15 is 0 Å². The zero-order valence-corrected chi connectivity index (χ0v) is 16.7. The van der Waals surface area contributed by atoms with Crippen LogP contribution < -0.4 is 10.1 Å².